The molecule has 0 amide bonds. The minimum atomic E-state index is 0.902. The van der Waals surface area contributed by atoms with Crippen LogP contribution >= 0.6 is 0 Å². The summed E-state index contributed by atoms with van der Waals surface area (Å²) in [6.45, 7) is 0. The van der Waals surface area contributed by atoms with Crippen molar-refractivity contribution in [2.75, 3.05) is 0 Å². The molecule has 0 N–H and O–H groups in total. The Balaban J connectivity index is 1.88. The number of allylic oxidation sites excluding steroid dienone is 2. The highest BCUT2D eigenvalue weighted by Gasteiger charge is 2.19. The SMILES string of the molecule is C1=C\C(C2CCCCCCCCCC2)CCCCCCCC/1. The highest BCUT2D eigenvalue weighted by Crippen LogP contribution is 2.32. The van der Waals surface area contributed by atoms with E-state index in [1.807, 2.05) is 0 Å². The van der Waals surface area contributed by atoms with Crippen LogP contribution < -0.4 is 0 Å². The maximum Gasteiger partial charge on any atom is -0.0205 e. The van der Waals surface area contributed by atoms with Gasteiger partial charge in [0.2, 0.25) is 0 Å². The second kappa shape index (κ2) is 12.2. The van der Waals surface area contributed by atoms with Crippen LogP contribution in [0.4, 0.5) is 0 Å². The van der Waals surface area contributed by atoms with E-state index in [4.69, 9.17) is 0 Å². The molecule has 0 aliphatic heterocycles. The van der Waals surface area contributed by atoms with Crippen LogP contribution in [0.3, 0.4) is 0 Å². The van der Waals surface area contributed by atoms with Crippen molar-refractivity contribution in [3.8, 4) is 0 Å². The van der Waals surface area contributed by atoms with Crippen LogP contribution in [-0.2, 0) is 0 Å². The van der Waals surface area contributed by atoms with Crippen molar-refractivity contribution in [1.82, 2.24) is 0 Å². The molecule has 0 heterocycles. The Bertz CT molecular complexity index is 266. The van der Waals surface area contributed by atoms with Crippen LogP contribution in [0.2, 0.25) is 0 Å². The number of rotatable bonds is 1. The monoisotopic (exact) mass is 304 g/mol. The molecule has 1 atom stereocenters. The summed E-state index contributed by atoms with van der Waals surface area (Å²) in [6, 6.07) is 0. The van der Waals surface area contributed by atoms with Gasteiger partial charge in [-0.25, -0.2) is 0 Å². The Hall–Kier alpha value is -0.260. The van der Waals surface area contributed by atoms with E-state index in [0.717, 1.165) is 11.8 Å². The summed E-state index contributed by atoms with van der Waals surface area (Å²) < 4.78 is 0. The summed E-state index contributed by atoms with van der Waals surface area (Å²) in [7, 11) is 0. The van der Waals surface area contributed by atoms with Crippen molar-refractivity contribution in [1.29, 1.82) is 0 Å². The van der Waals surface area contributed by atoms with Crippen LogP contribution in [0.15, 0.2) is 12.2 Å². The van der Waals surface area contributed by atoms with Gasteiger partial charge >= 0.3 is 0 Å². The van der Waals surface area contributed by atoms with Gasteiger partial charge in [0.05, 0.1) is 0 Å². The summed E-state index contributed by atoms with van der Waals surface area (Å²) in [5.41, 5.74) is 0. The van der Waals surface area contributed by atoms with Crippen LogP contribution in [0, 0.1) is 11.8 Å². The molecule has 22 heavy (non-hydrogen) atoms. The molecule has 0 radical (unpaired) electrons. The summed E-state index contributed by atoms with van der Waals surface area (Å²) >= 11 is 0. The molecular weight excluding hydrogens is 264 g/mol. The van der Waals surface area contributed by atoms with E-state index in [-0.39, 0.29) is 0 Å². The van der Waals surface area contributed by atoms with Crippen molar-refractivity contribution in [3.63, 3.8) is 0 Å². The Labute approximate surface area is 140 Å². The van der Waals surface area contributed by atoms with E-state index in [2.05, 4.69) is 12.2 Å². The molecule has 0 aromatic rings. The fraction of sp³-hybridized carbons (Fsp3) is 0.909. The third-order valence-corrected chi connectivity index (χ3v) is 6.05. The average Bonchev–Trinajstić information content (AvgIpc) is 2.64. The molecule has 1 saturated carbocycles. The predicted molar refractivity (Wildman–Crippen MR) is 99.2 cm³/mol. The minimum Gasteiger partial charge on any atom is -0.0882 e. The van der Waals surface area contributed by atoms with Crippen molar-refractivity contribution in [3.05, 3.63) is 12.2 Å². The highest BCUT2D eigenvalue weighted by molar-refractivity contribution is 4.92. The van der Waals surface area contributed by atoms with Gasteiger partial charge in [0.25, 0.3) is 0 Å². The van der Waals surface area contributed by atoms with Crippen LogP contribution in [0.25, 0.3) is 0 Å². The molecular formula is C22H40. The molecule has 0 spiro atoms. The summed E-state index contributed by atoms with van der Waals surface area (Å²) in [5.74, 6) is 1.90. The zero-order chi connectivity index (χ0) is 15.3. The van der Waals surface area contributed by atoms with Gasteiger partial charge in [0.1, 0.15) is 0 Å². The Kier molecular flexibility index (Phi) is 10.0. The first-order valence-electron chi connectivity index (χ1n) is 10.6. The van der Waals surface area contributed by atoms with Gasteiger partial charge in [-0.05, 0) is 43.9 Å². The second-order valence-corrected chi connectivity index (χ2v) is 7.96. The Morgan fingerprint density at radius 2 is 0.909 bits per heavy atom. The fourth-order valence-corrected chi connectivity index (χ4v) is 4.56. The van der Waals surface area contributed by atoms with Gasteiger partial charge in [-0.3, -0.25) is 0 Å². The topological polar surface area (TPSA) is 0 Å². The second-order valence-electron chi connectivity index (χ2n) is 7.96. The van der Waals surface area contributed by atoms with E-state index in [1.54, 1.807) is 0 Å². The number of hydrogen-bond acceptors (Lipinski definition) is 0. The fourth-order valence-electron chi connectivity index (χ4n) is 4.56. The lowest BCUT2D eigenvalue weighted by atomic mass is 9.80. The van der Waals surface area contributed by atoms with Gasteiger partial charge in [0.15, 0.2) is 0 Å². The minimum absolute atomic E-state index is 0.902. The van der Waals surface area contributed by atoms with E-state index in [9.17, 15) is 0 Å². The van der Waals surface area contributed by atoms with Crippen molar-refractivity contribution >= 4 is 0 Å². The lowest BCUT2D eigenvalue weighted by Gasteiger charge is -2.25. The van der Waals surface area contributed by atoms with Gasteiger partial charge in [-0.15, -0.1) is 0 Å². The molecule has 1 fully saturated rings. The van der Waals surface area contributed by atoms with Gasteiger partial charge in [-0.1, -0.05) is 95.6 Å². The summed E-state index contributed by atoms with van der Waals surface area (Å²) in [4.78, 5) is 0. The first kappa shape index (κ1) is 18.1. The van der Waals surface area contributed by atoms with Gasteiger partial charge < -0.3 is 0 Å². The van der Waals surface area contributed by atoms with Gasteiger partial charge in [-0.2, -0.15) is 0 Å². The van der Waals surface area contributed by atoms with Crippen molar-refractivity contribution < 1.29 is 0 Å². The third kappa shape index (κ3) is 7.84. The van der Waals surface area contributed by atoms with Crippen LogP contribution in [0.5, 0.6) is 0 Å². The lowest BCUT2D eigenvalue weighted by Crippen LogP contribution is -2.13. The lowest BCUT2D eigenvalue weighted by molar-refractivity contribution is 0.304. The van der Waals surface area contributed by atoms with Crippen molar-refractivity contribution in [2.45, 2.75) is 116 Å². The standard InChI is InChI=1S/C22H40/c1-2-6-10-14-18-21(17-13-9-5-1)22-19-15-11-7-3-4-8-12-16-20-22/h13,17,21-22H,1-12,14-16,18-20H2/b17-13-. The quantitative estimate of drug-likeness (QED) is 0.433. The molecule has 0 bridgehead atoms. The molecule has 2 aliphatic carbocycles. The summed E-state index contributed by atoms with van der Waals surface area (Å²) in [6.07, 6.45) is 31.8. The first-order valence-corrected chi connectivity index (χ1v) is 10.6. The molecule has 128 valence electrons. The van der Waals surface area contributed by atoms with E-state index in [1.165, 1.54) is 116 Å². The maximum absolute atomic E-state index is 2.65. The molecule has 0 nitrogen and oxygen atoms in total. The largest absolute Gasteiger partial charge is 0.0882 e. The van der Waals surface area contributed by atoms with Crippen LogP contribution in [-0.4, -0.2) is 0 Å². The molecule has 0 heteroatoms. The molecule has 0 aromatic heterocycles. The molecule has 1 unspecified atom stereocenters. The number of hydrogen-bond donors (Lipinski definition) is 0. The first-order chi connectivity index (χ1) is 11.0. The van der Waals surface area contributed by atoms with E-state index >= 15 is 0 Å². The van der Waals surface area contributed by atoms with Gasteiger partial charge in [0, 0.05) is 0 Å². The third-order valence-electron chi connectivity index (χ3n) is 6.05. The normalized spacial score (nSPS) is 29.9. The zero-order valence-electron chi connectivity index (χ0n) is 15.0. The molecule has 0 aromatic carbocycles. The maximum atomic E-state index is 2.65. The van der Waals surface area contributed by atoms with E-state index in [0.29, 0.717) is 0 Å². The van der Waals surface area contributed by atoms with Crippen LogP contribution in [0.1, 0.15) is 116 Å². The smallest absolute Gasteiger partial charge is 0.0205 e. The van der Waals surface area contributed by atoms with Crippen molar-refractivity contribution in [2.24, 2.45) is 11.8 Å². The highest BCUT2D eigenvalue weighted by atomic mass is 14.2. The molecule has 2 rings (SSSR count). The predicted octanol–water partition coefficient (Wildman–Crippen LogP) is 7.82. The zero-order valence-corrected chi connectivity index (χ0v) is 15.0. The molecule has 2 aliphatic rings. The Morgan fingerprint density at radius 3 is 1.50 bits per heavy atom. The Morgan fingerprint density at radius 1 is 0.455 bits per heavy atom. The molecule has 0 saturated heterocycles. The average molecular weight is 305 g/mol. The summed E-state index contributed by atoms with van der Waals surface area (Å²) in [5, 5.41) is 0. The van der Waals surface area contributed by atoms with E-state index < -0.39 is 0 Å².